The molecule has 30 heavy (non-hydrogen) atoms. The van der Waals surface area contributed by atoms with Gasteiger partial charge in [-0.15, -0.1) is 0 Å². The molecule has 0 saturated heterocycles. The summed E-state index contributed by atoms with van der Waals surface area (Å²) in [5.74, 6) is 1.28. The van der Waals surface area contributed by atoms with Crippen molar-refractivity contribution in [3.8, 4) is 10.1 Å². The van der Waals surface area contributed by atoms with Gasteiger partial charge >= 0.3 is 75.3 Å². The second-order valence-corrected chi connectivity index (χ2v) is 8.93. The molecule has 0 spiro atoms. The van der Waals surface area contributed by atoms with Gasteiger partial charge in [0.05, 0.1) is 0 Å². The van der Waals surface area contributed by atoms with Crippen LogP contribution in [0.1, 0.15) is 5.56 Å². The van der Waals surface area contributed by atoms with E-state index in [-0.39, 0.29) is 5.56 Å². The van der Waals surface area contributed by atoms with Crippen LogP contribution in [0.2, 0.25) is 0 Å². The normalized spacial score (nSPS) is 9.90. The van der Waals surface area contributed by atoms with Crippen molar-refractivity contribution in [1.82, 2.24) is 0 Å². The molecular formula is C26H18AuF2P. The predicted octanol–water partition coefficient (Wildman–Crippen LogP) is 5.27. The fourth-order valence-electron chi connectivity index (χ4n) is 2.81. The van der Waals surface area contributed by atoms with Crippen molar-refractivity contribution in [2.24, 2.45) is 0 Å². The molecule has 4 heteroatoms. The average molecular weight is 596 g/mol. The van der Waals surface area contributed by atoms with Crippen LogP contribution in [0.4, 0.5) is 8.78 Å². The molecule has 0 radical (unpaired) electrons. The van der Waals surface area contributed by atoms with Gasteiger partial charge in [-0.2, -0.15) is 0 Å². The average Bonchev–Trinajstić information content (AvgIpc) is 2.79. The Morgan fingerprint density at radius 2 is 1.03 bits per heavy atom. The topological polar surface area (TPSA) is 0 Å². The van der Waals surface area contributed by atoms with Crippen LogP contribution in [0.25, 0.3) is 0 Å². The largest absolute Gasteiger partial charge is 0.0622 e. The minimum atomic E-state index is -0.621. The summed E-state index contributed by atoms with van der Waals surface area (Å²) in [5, 5.41) is 4.19. The van der Waals surface area contributed by atoms with Gasteiger partial charge in [0.2, 0.25) is 0 Å². The summed E-state index contributed by atoms with van der Waals surface area (Å²) in [4.78, 5) is 0. The van der Waals surface area contributed by atoms with E-state index in [2.05, 4.69) is 101 Å². The number of hydrogen-bond donors (Lipinski definition) is 0. The van der Waals surface area contributed by atoms with Crippen molar-refractivity contribution in [2.75, 3.05) is 0 Å². The zero-order chi connectivity index (χ0) is 21.2. The first-order valence-electron chi connectivity index (χ1n) is 9.17. The first-order valence-corrected chi connectivity index (χ1v) is 11.6. The Balaban J connectivity index is 0.000000199. The molecule has 0 saturated carbocycles. The van der Waals surface area contributed by atoms with Crippen LogP contribution in [-0.2, 0) is 21.1 Å². The molecule has 0 atom stereocenters. The summed E-state index contributed by atoms with van der Waals surface area (Å²) in [6.45, 7) is 0. The van der Waals surface area contributed by atoms with E-state index in [0.29, 0.717) is 0 Å². The van der Waals surface area contributed by atoms with Crippen LogP contribution in [-0.4, -0.2) is 0 Å². The molecule has 0 aromatic heterocycles. The number of halogens is 2. The van der Waals surface area contributed by atoms with Gasteiger partial charge in [-0.3, -0.25) is 0 Å². The van der Waals surface area contributed by atoms with Crippen molar-refractivity contribution < 1.29 is 29.8 Å². The van der Waals surface area contributed by atoms with Crippen LogP contribution >= 0.6 is 7.92 Å². The second kappa shape index (κ2) is 11.6. The summed E-state index contributed by atoms with van der Waals surface area (Å²) in [6, 6.07) is 35.6. The van der Waals surface area contributed by atoms with E-state index in [4.69, 9.17) is 0 Å². The molecule has 0 bridgehead atoms. The van der Waals surface area contributed by atoms with E-state index in [1.165, 1.54) is 28.0 Å². The molecule has 0 heterocycles. The molecule has 4 aromatic rings. The number of hydrogen-bond acceptors (Lipinski definition) is 0. The van der Waals surface area contributed by atoms with Crippen LogP contribution in [0.5, 0.6) is 0 Å². The first-order chi connectivity index (χ1) is 14.7. The number of benzene rings is 4. The second-order valence-electron chi connectivity index (χ2n) is 6.17. The summed E-state index contributed by atoms with van der Waals surface area (Å²) in [6.07, 6.45) is 0. The molecule has 152 valence electrons. The zero-order valence-electron chi connectivity index (χ0n) is 15.9. The van der Waals surface area contributed by atoms with Crippen LogP contribution in [0, 0.1) is 21.7 Å². The maximum absolute atomic E-state index is 12.7. The molecule has 0 aliphatic rings. The van der Waals surface area contributed by atoms with Gasteiger partial charge in [-0.05, 0) is 23.8 Å². The Hall–Kier alpha value is -2.53. The van der Waals surface area contributed by atoms with Crippen molar-refractivity contribution in [1.29, 1.82) is 0 Å². The van der Waals surface area contributed by atoms with E-state index < -0.39 is 19.6 Å². The predicted molar refractivity (Wildman–Crippen MR) is 118 cm³/mol. The van der Waals surface area contributed by atoms with Crippen LogP contribution in [0.3, 0.4) is 0 Å². The van der Waals surface area contributed by atoms with Gasteiger partial charge in [-0.25, -0.2) is 0 Å². The quantitative estimate of drug-likeness (QED) is 0.172. The Morgan fingerprint density at radius 1 is 0.600 bits per heavy atom. The number of rotatable bonds is 3. The molecular weight excluding hydrogens is 578 g/mol. The van der Waals surface area contributed by atoms with E-state index in [1.54, 1.807) is 0 Å². The minimum Gasteiger partial charge on any atom is -0.0622 e. The minimum absolute atomic E-state index is 0.217. The molecule has 4 aromatic carbocycles. The third-order valence-corrected chi connectivity index (χ3v) is 6.86. The summed E-state index contributed by atoms with van der Waals surface area (Å²) in [5.41, 5.74) is 0.217. The molecule has 0 N–H and O–H groups in total. The van der Waals surface area contributed by atoms with Crippen molar-refractivity contribution in [2.45, 2.75) is 0 Å². The van der Waals surface area contributed by atoms with Gasteiger partial charge in [0.25, 0.3) is 0 Å². The molecule has 0 amide bonds. The maximum Gasteiger partial charge on any atom is -0.0134 e. The van der Waals surface area contributed by atoms with E-state index in [0.717, 1.165) is 6.07 Å². The van der Waals surface area contributed by atoms with Crippen molar-refractivity contribution in [3.63, 3.8) is 0 Å². The fourth-order valence-corrected chi connectivity index (χ4v) is 5.41. The van der Waals surface area contributed by atoms with Gasteiger partial charge in [-0.1, -0.05) is 91.0 Å². The van der Waals surface area contributed by atoms with Gasteiger partial charge in [0.1, 0.15) is 0 Å². The third kappa shape index (κ3) is 6.23. The zero-order valence-corrected chi connectivity index (χ0v) is 19.0. The molecule has 0 nitrogen and oxygen atoms in total. The first kappa shape index (κ1) is 22.2. The van der Waals surface area contributed by atoms with Crippen molar-refractivity contribution in [3.05, 3.63) is 126 Å². The Kier molecular flexibility index (Phi) is 8.57. The van der Waals surface area contributed by atoms with Crippen LogP contribution in [0.15, 0.2) is 109 Å². The maximum atomic E-state index is 12.7. The Morgan fingerprint density at radius 3 is 1.40 bits per heavy atom. The Bertz CT molecular complexity index is 1030. The van der Waals surface area contributed by atoms with Crippen LogP contribution < -0.4 is 15.9 Å². The standard InChI is InChI=1S/C18H15P.C8H3F2.Au/c1-4-10-16(11-5-1)19(17-12-6-2-7-13-17)18-14-8-3-9-15-18;1-2-6-3-4-7(9)5-8(6)10;/h1-15H;3-5H;. The van der Waals surface area contributed by atoms with Gasteiger partial charge < -0.3 is 0 Å². The fraction of sp³-hybridized carbons (Fsp3) is 0. The van der Waals surface area contributed by atoms with E-state index in [9.17, 15) is 8.78 Å². The Labute approximate surface area is 189 Å². The molecule has 0 fully saturated rings. The molecule has 0 aliphatic carbocycles. The molecule has 0 aliphatic heterocycles. The van der Waals surface area contributed by atoms with Crippen molar-refractivity contribution >= 4 is 23.8 Å². The SMILES string of the molecule is Fc1ccc(C#[C][Au])c(F)c1.c1ccc(P(c2ccccc2)c2ccccc2)cc1. The molecule has 4 rings (SSSR count). The van der Waals surface area contributed by atoms with Gasteiger partial charge in [0, 0.05) is 0 Å². The monoisotopic (exact) mass is 596 g/mol. The summed E-state index contributed by atoms with van der Waals surface area (Å²) in [7, 11) is -0.446. The summed E-state index contributed by atoms with van der Waals surface area (Å²) >= 11 is 1.96. The third-order valence-electron chi connectivity index (χ3n) is 4.15. The smallest absolute Gasteiger partial charge is 0.0134 e. The molecule has 0 unspecified atom stereocenters. The van der Waals surface area contributed by atoms with E-state index in [1.807, 2.05) is 21.1 Å². The summed E-state index contributed by atoms with van der Waals surface area (Å²) < 4.78 is 27.5. The van der Waals surface area contributed by atoms with Gasteiger partial charge in [0.15, 0.2) is 0 Å². The van der Waals surface area contributed by atoms with E-state index >= 15 is 0 Å².